The Balaban J connectivity index is 1.85. The SMILES string of the molecule is CN(C)C(=O)CO[C@@H]1CSC2(C1)CN(S(=O)(=O)C(F)(F)F)C2. The van der Waals surface area contributed by atoms with Crippen LogP contribution >= 0.6 is 11.8 Å². The molecule has 1 spiro atoms. The summed E-state index contributed by atoms with van der Waals surface area (Å²) in [4.78, 5) is 12.8. The molecule has 2 heterocycles. The Morgan fingerprint density at radius 2 is 2.00 bits per heavy atom. The smallest absolute Gasteiger partial charge is 0.367 e. The standard InChI is InChI=1S/C11H17F3N2O4S2/c1-15(2)9(17)4-20-8-3-10(21-5-8)6-16(7-10)22(18,19)11(12,13)14/h8H,3-7H2,1-2H3/t8-/m0/s1. The van der Waals surface area contributed by atoms with Gasteiger partial charge in [-0.15, -0.1) is 11.8 Å². The molecule has 1 atom stereocenters. The van der Waals surface area contributed by atoms with Crippen LogP contribution in [0.1, 0.15) is 6.42 Å². The van der Waals surface area contributed by atoms with Gasteiger partial charge in [0.05, 0.1) is 6.10 Å². The Bertz CT molecular complexity index is 544. The summed E-state index contributed by atoms with van der Waals surface area (Å²) in [5.41, 5.74) is -5.26. The fourth-order valence-electron chi connectivity index (χ4n) is 2.36. The van der Waals surface area contributed by atoms with E-state index in [1.165, 1.54) is 16.7 Å². The summed E-state index contributed by atoms with van der Waals surface area (Å²) >= 11 is 1.41. The predicted octanol–water partition coefficient (Wildman–Crippen LogP) is 0.501. The van der Waals surface area contributed by atoms with Gasteiger partial charge in [0.2, 0.25) is 5.91 Å². The Morgan fingerprint density at radius 1 is 1.41 bits per heavy atom. The molecule has 2 saturated heterocycles. The van der Waals surface area contributed by atoms with Gasteiger partial charge >= 0.3 is 15.5 Å². The highest BCUT2D eigenvalue weighted by molar-refractivity contribution is 8.01. The van der Waals surface area contributed by atoms with Crippen LogP contribution in [0.15, 0.2) is 0 Å². The Morgan fingerprint density at radius 3 is 2.50 bits per heavy atom. The number of carbonyl (C=O) groups is 1. The molecule has 2 rings (SSSR count). The van der Waals surface area contributed by atoms with Crippen LogP contribution in [0.25, 0.3) is 0 Å². The van der Waals surface area contributed by atoms with Gasteiger partial charge in [-0.25, -0.2) is 8.42 Å². The van der Waals surface area contributed by atoms with Gasteiger partial charge in [0, 0.05) is 37.7 Å². The molecule has 0 bridgehead atoms. The number of amides is 1. The third kappa shape index (κ3) is 3.36. The highest BCUT2D eigenvalue weighted by Crippen LogP contribution is 2.48. The summed E-state index contributed by atoms with van der Waals surface area (Å²) in [6.45, 7) is -0.416. The second kappa shape index (κ2) is 5.84. The zero-order valence-electron chi connectivity index (χ0n) is 12.1. The Kier molecular flexibility index (Phi) is 4.73. The lowest BCUT2D eigenvalue weighted by Crippen LogP contribution is -2.62. The van der Waals surface area contributed by atoms with Gasteiger partial charge in [0.15, 0.2) is 0 Å². The molecule has 6 nitrogen and oxygen atoms in total. The number of carbonyl (C=O) groups excluding carboxylic acids is 1. The number of likely N-dealkylation sites (N-methyl/N-ethyl adjacent to an activating group) is 1. The van der Waals surface area contributed by atoms with Crippen LogP contribution in [0, 0.1) is 0 Å². The van der Waals surface area contributed by atoms with Crippen molar-refractivity contribution in [1.82, 2.24) is 9.21 Å². The molecular formula is C11H17F3N2O4S2. The topological polar surface area (TPSA) is 66.9 Å². The number of hydrogen-bond acceptors (Lipinski definition) is 5. The molecule has 0 aromatic heterocycles. The van der Waals surface area contributed by atoms with Crippen LogP contribution in [0.4, 0.5) is 13.2 Å². The largest absolute Gasteiger partial charge is 0.511 e. The van der Waals surface area contributed by atoms with Crippen LogP contribution in [0.5, 0.6) is 0 Å². The van der Waals surface area contributed by atoms with Crippen molar-refractivity contribution in [3.63, 3.8) is 0 Å². The molecule has 0 radical (unpaired) electrons. The summed E-state index contributed by atoms with van der Waals surface area (Å²) in [6, 6.07) is 0. The molecule has 22 heavy (non-hydrogen) atoms. The maximum absolute atomic E-state index is 12.4. The molecule has 2 fully saturated rings. The van der Waals surface area contributed by atoms with Crippen molar-refractivity contribution in [1.29, 1.82) is 0 Å². The van der Waals surface area contributed by atoms with Crippen LogP contribution in [-0.4, -0.2) is 79.4 Å². The van der Waals surface area contributed by atoms with E-state index in [9.17, 15) is 26.4 Å². The normalized spacial score (nSPS) is 25.2. The monoisotopic (exact) mass is 362 g/mol. The Labute approximate surface area is 131 Å². The van der Waals surface area contributed by atoms with Gasteiger partial charge in [-0.2, -0.15) is 17.5 Å². The first-order valence-electron chi connectivity index (χ1n) is 6.49. The fourth-order valence-corrected chi connectivity index (χ4v) is 5.20. The van der Waals surface area contributed by atoms with E-state index >= 15 is 0 Å². The van der Waals surface area contributed by atoms with Crippen molar-refractivity contribution in [2.24, 2.45) is 0 Å². The van der Waals surface area contributed by atoms with Gasteiger partial charge < -0.3 is 9.64 Å². The molecule has 11 heteroatoms. The average molecular weight is 362 g/mol. The lowest BCUT2D eigenvalue weighted by atomic mass is 9.95. The van der Waals surface area contributed by atoms with E-state index in [-0.39, 0.29) is 31.7 Å². The molecular weight excluding hydrogens is 345 g/mol. The minimum absolute atomic E-state index is 0.0845. The number of thioether (sulfide) groups is 1. The van der Waals surface area contributed by atoms with E-state index in [2.05, 4.69) is 0 Å². The Hall–Kier alpha value is -0.520. The first-order chi connectivity index (χ1) is 9.97. The van der Waals surface area contributed by atoms with Crippen molar-refractivity contribution in [2.75, 3.05) is 39.5 Å². The molecule has 0 saturated carbocycles. The van der Waals surface area contributed by atoms with Crippen molar-refractivity contribution in [3.05, 3.63) is 0 Å². The van der Waals surface area contributed by atoms with Crippen molar-refractivity contribution in [3.8, 4) is 0 Å². The average Bonchev–Trinajstić information content (AvgIpc) is 2.76. The molecule has 0 aromatic carbocycles. The molecule has 1 amide bonds. The van der Waals surface area contributed by atoms with Crippen molar-refractivity contribution >= 4 is 27.7 Å². The molecule has 0 unspecified atom stereocenters. The van der Waals surface area contributed by atoms with E-state index in [0.29, 0.717) is 16.5 Å². The van der Waals surface area contributed by atoms with Gasteiger partial charge in [-0.05, 0) is 6.42 Å². The maximum atomic E-state index is 12.4. The van der Waals surface area contributed by atoms with E-state index in [1.807, 2.05) is 0 Å². The predicted molar refractivity (Wildman–Crippen MR) is 74.8 cm³/mol. The zero-order valence-corrected chi connectivity index (χ0v) is 13.7. The molecule has 2 aliphatic heterocycles. The van der Waals surface area contributed by atoms with E-state index in [1.54, 1.807) is 14.1 Å². The van der Waals surface area contributed by atoms with Gasteiger partial charge in [-0.1, -0.05) is 0 Å². The summed E-state index contributed by atoms with van der Waals surface area (Å²) in [5, 5.41) is 0. The van der Waals surface area contributed by atoms with E-state index < -0.39 is 20.3 Å². The quantitative estimate of drug-likeness (QED) is 0.729. The second-order valence-corrected chi connectivity index (χ2v) is 9.06. The number of rotatable bonds is 4. The van der Waals surface area contributed by atoms with E-state index in [0.717, 1.165) is 0 Å². The fraction of sp³-hybridized carbons (Fsp3) is 0.909. The molecule has 2 aliphatic rings. The van der Waals surface area contributed by atoms with Crippen molar-refractivity contribution < 1.29 is 31.1 Å². The minimum atomic E-state index is -5.26. The highest BCUT2D eigenvalue weighted by Gasteiger charge is 2.60. The maximum Gasteiger partial charge on any atom is 0.511 e. The second-order valence-electron chi connectivity index (χ2n) is 5.64. The molecule has 0 aromatic rings. The van der Waals surface area contributed by atoms with Crippen LogP contribution in [0.3, 0.4) is 0 Å². The molecule has 128 valence electrons. The van der Waals surface area contributed by atoms with Crippen LogP contribution in [0.2, 0.25) is 0 Å². The highest BCUT2D eigenvalue weighted by atomic mass is 32.2. The van der Waals surface area contributed by atoms with Crippen molar-refractivity contribution in [2.45, 2.75) is 22.8 Å². The summed E-state index contributed by atoms with van der Waals surface area (Å²) in [5.74, 6) is 0.349. The van der Waals surface area contributed by atoms with Gasteiger partial charge in [-0.3, -0.25) is 4.79 Å². The number of nitrogens with zero attached hydrogens (tertiary/aromatic N) is 2. The molecule has 0 aliphatic carbocycles. The minimum Gasteiger partial charge on any atom is -0.367 e. The lowest BCUT2D eigenvalue weighted by Gasteiger charge is -2.46. The lowest BCUT2D eigenvalue weighted by molar-refractivity contribution is -0.135. The van der Waals surface area contributed by atoms with Gasteiger partial charge in [0.25, 0.3) is 0 Å². The summed E-state index contributed by atoms with van der Waals surface area (Å²) in [7, 11) is -2.04. The number of alkyl halides is 3. The van der Waals surface area contributed by atoms with Gasteiger partial charge in [0.1, 0.15) is 6.61 Å². The number of ether oxygens (including phenoxy) is 1. The number of hydrogen-bond donors (Lipinski definition) is 0. The third-order valence-corrected chi connectivity index (χ3v) is 6.78. The van der Waals surface area contributed by atoms with Crippen LogP contribution < -0.4 is 0 Å². The first-order valence-corrected chi connectivity index (χ1v) is 8.92. The number of sulfonamides is 1. The number of halogens is 3. The summed E-state index contributed by atoms with van der Waals surface area (Å²) in [6.07, 6.45) is 0.201. The molecule has 0 N–H and O–H groups in total. The van der Waals surface area contributed by atoms with Crippen LogP contribution in [-0.2, 0) is 19.6 Å². The van der Waals surface area contributed by atoms with E-state index in [4.69, 9.17) is 4.74 Å². The first kappa shape index (κ1) is 17.8. The zero-order chi connectivity index (χ0) is 16.8. The summed E-state index contributed by atoms with van der Waals surface area (Å²) < 4.78 is 65.2. The third-order valence-electron chi connectivity index (χ3n) is 3.68.